The van der Waals surface area contributed by atoms with E-state index in [-0.39, 0.29) is 27.1 Å². The molecule has 2 N–H and O–H groups in total. The molecular formula is C19H12BrF2N3O5S. The van der Waals surface area contributed by atoms with Crippen molar-refractivity contribution in [2.45, 2.75) is 4.90 Å². The third kappa shape index (κ3) is 5.03. The Labute approximate surface area is 183 Å². The second-order valence-corrected chi connectivity index (χ2v) is 8.61. The zero-order valence-electron chi connectivity index (χ0n) is 15.3. The smallest absolute Gasteiger partial charge is 0.270 e. The number of benzene rings is 3. The van der Waals surface area contributed by atoms with Gasteiger partial charge in [-0.05, 0) is 46.3 Å². The van der Waals surface area contributed by atoms with Gasteiger partial charge in [-0.1, -0.05) is 12.1 Å². The fourth-order valence-electron chi connectivity index (χ4n) is 2.57. The summed E-state index contributed by atoms with van der Waals surface area (Å²) in [5.74, 6) is -2.96. The lowest BCUT2D eigenvalue weighted by atomic mass is 10.1. The molecule has 0 aliphatic heterocycles. The Hall–Kier alpha value is -3.38. The number of nitro groups is 1. The van der Waals surface area contributed by atoms with Gasteiger partial charge in [0.25, 0.3) is 21.6 Å². The van der Waals surface area contributed by atoms with Gasteiger partial charge in [-0.2, -0.15) is 0 Å². The maximum Gasteiger partial charge on any atom is 0.270 e. The Morgan fingerprint density at radius 3 is 2.35 bits per heavy atom. The Morgan fingerprint density at radius 1 is 1.00 bits per heavy atom. The van der Waals surface area contributed by atoms with E-state index in [0.29, 0.717) is 6.07 Å². The minimum atomic E-state index is -4.47. The van der Waals surface area contributed by atoms with E-state index in [0.717, 1.165) is 12.1 Å². The van der Waals surface area contributed by atoms with Crippen LogP contribution in [0.4, 0.5) is 25.8 Å². The van der Waals surface area contributed by atoms with Crippen LogP contribution >= 0.6 is 15.9 Å². The van der Waals surface area contributed by atoms with Crippen molar-refractivity contribution < 1.29 is 26.9 Å². The van der Waals surface area contributed by atoms with Crippen LogP contribution in [0.5, 0.6) is 0 Å². The van der Waals surface area contributed by atoms with E-state index in [2.05, 4.69) is 26.0 Å². The molecule has 0 saturated heterocycles. The molecule has 0 radical (unpaired) electrons. The van der Waals surface area contributed by atoms with Gasteiger partial charge < -0.3 is 5.32 Å². The van der Waals surface area contributed by atoms with Crippen molar-refractivity contribution in [3.8, 4) is 0 Å². The first-order valence-corrected chi connectivity index (χ1v) is 10.7. The van der Waals surface area contributed by atoms with Crippen molar-refractivity contribution in [2.24, 2.45) is 0 Å². The van der Waals surface area contributed by atoms with Crippen LogP contribution in [-0.2, 0) is 10.0 Å². The highest BCUT2D eigenvalue weighted by atomic mass is 79.9. The second-order valence-electron chi connectivity index (χ2n) is 6.10. The molecule has 0 fully saturated rings. The number of sulfonamides is 1. The average Bonchev–Trinajstić information content (AvgIpc) is 2.69. The molecule has 0 bridgehead atoms. The number of carbonyl (C=O) groups is 1. The van der Waals surface area contributed by atoms with Crippen molar-refractivity contribution in [1.29, 1.82) is 0 Å². The molecule has 8 nitrogen and oxygen atoms in total. The maximum atomic E-state index is 13.9. The molecule has 3 aromatic rings. The number of halogens is 3. The van der Waals surface area contributed by atoms with E-state index in [9.17, 15) is 32.1 Å². The zero-order chi connectivity index (χ0) is 22.8. The zero-order valence-corrected chi connectivity index (χ0v) is 17.7. The first-order valence-electron chi connectivity index (χ1n) is 8.40. The minimum absolute atomic E-state index is 0.0983. The molecule has 31 heavy (non-hydrogen) atoms. The van der Waals surface area contributed by atoms with Crippen LogP contribution in [0.15, 0.2) is 70.0 Å². The number of rotatable bonds is 6. The highest BCUT2D eigenvalue weighted by Gasteiger charge is 2.23. The lowest BCUT2D eigenvalue weighted by molar-refractivity contribution is -0.384. The summed E-state index contributed by atoms with van der Waals surface area (Å²) in [5.41, 5.74) is -0.238. The van der Waals surface area contributed by atoms with E-state index < -0.39 is 37.4 Å². The van der Waals surface area contributed by atoms with Gasteiger partial charge >= 0.3 is 0 Å². The van der Waals surface area contributed by atoms with Crippen LogP contribution in [-0.4, -0.2) is 19.2 Å². The highest BCUT2D eigenvalue weighted by molar-refractivity contribution is 9.10. The number of anilines is 2. The van der Waals surface area contributed by atoms with E-state index in [1.54, 1.807) is 0 Å². The summed E-state index contributed by atoms with van der Waals surface area (Å²) in [6.45, 7) is 0. The van der Waals surface area contributed by atoms with Crippen molar-refractivity contribution in [1.82, 2.24) is 0 Å². The summed E-state index contributed by atoms with van der Waals surface area (Å²) in [7, 11) is -4.47. The highest BCUT2D eigenvalue weighted by Crippen LogP contribution is 2.29. The number of hydrogen-bond acceptors (Lipinski definition) is 5. The normalized spacial score (nSPS) is 11.1. The molecular weight excluding hydrogens is 500 g/mol. The fraction of sp³-hybridized carbons (Fsp3) is 0. The first-order chi connectivity index (χ1) is 14.6. The SMILES string of the molecule is O=C(Nc1ccc([N+](=O)[O-])cc1Br)c1ccccc1NS(=O)(=O)c1ccc(F)cc1F. The molecule has 0 unspecified atom stereocenters. The monoisotopic (exact) mass is 511 g/mol. The van der Waals surface area contributed by atoms with Crippen LogP contribution in [0, 0.1) is 21.7 Å². The van der Waals surface area contributed by atoms with Crippen LogP contribution in [0.2, 0.25) is 0 Å². The Balaban J connectivity index is 1.90. The Kier molecular flexibility index (Phi) is 6.32. The van der Waals surface area contributed by atoms with Crippen LogP contribution < -0.4 is 10.0 Å². The lowest BCUT2D eigenvalue weighted by Gasteiger charge is -2.14. The molecule has 0 aromatic heterocycles. The van der Waals surface area contributed by atoms with Gasteiger partial charge in [-0.25, -0.2) is 17.2 Å². The number of para-hydroxylation sites is 1. The van der Waals surface area contributed by atoms with Crippen LogP contribution in [0.1, 0.15) is 10.4 Å². The standard InChI is InChI=1S/C19H12BrF2N3O5S/c20-14-10-12(25(27)28)6-7-17(14)23-19(26)13-3-1-2-4-16(13)24-31(29,30)18-8-5-11(21)9-15(18)22/h1-10,24H,(H,23,26). The predicted molar refractivity (Wildman–Crippen MR) is 112 cm³/mol. The summed E-state index contributed by atoms with van der Waals surface area (Å²) >= 11 is 3.13. The minimum Gasteiger partial charge on any atom is -0.321 e. The molecule has 3 aromatic carbocycles. The molecule has 0 heterocycles. The molecule has 160 valence electrons. The summed E-state index contributed by atoms with van der Waals surface area (Å²) in [5, 5.41) is 13.3. The maximum absolute atomic E-state index is 13.9. The van der Waals surface area contributed by atoms with Gasteiger partial charge in [0.1, 0.15) is 16.5 Å². The third-order valence-electron chi connectivity index (χ3n) is 4.01. The van der Waals surface area contributed by atoms with E-state index in [1.165, 1.54) is 42.5 Å². The summed E-state index contributed by atoms with van der Waals surface area (Å²) in [6, 6.07) is 11.2. The number of non-ortho nitro benzene ring substituents is 1. The number of nitrogens with zero attached hydrogens (tertiary/aromatic N) is 1. The van der Waals surface area contributed by atoms with Gasteiger partial charge in [0.05, 0.1) is 21.9 Å². The topological polar surface area (TPSA) is 118 Å². The largest absolute Gasteiger partial charge is 0.321 e. The van der Waals surface area contributed by atoms with Crippen molar-refractivity contribution >= 4 is 48.9 Å². The van der Waals surface area contributed by atoms with Crippen molar-refractivity contribution in [3.05, 3.63) is 92.4 Å². The van der Waals surface area contributed by atoms with E-state index in [1.807, 2.05) is 0 Å². The molecule has 0 saturated carbocycles. The van der Waals surface area contributed by atoms with E-state index in [4.69, 9.17) is 0 Å². The summed E-state index contributed by atoms with van der Waals surface area (Å²) in [6.07, 6.45) is 0. The average molecular weight is 512 g/mol. The van der Waals surface area contributed by atoms with Crippen molar-refractivity contribution in [2.75, 3.05) is 10.0 Å². The number of amides is 1. The fourth-order valence-corrected chi connectivity index (χ4v) is 4.18. The first kappa shape index (κ1) is 22.3. The molecule has 0 aliphatic rings. The summed E-state index contributed by atoms with van der Waals surface area (Å²) in [4.78, 5) is 22.2. The Bertz CT molecular complexity index is 1300. The number of carbonyl (C=O) groups excluding carboxylic acids is 1. The van der Waals surface area contributed by atoms with Gasteiger partial charge in [0.2, 0.25) is 0 Å². The molecule has 3 rings (SSSR count). The second kappa shape index (κ2) is 8.78. The number of hydrogen-bond donors (Lipinski definition) is 2. The van der Waals surface area contributed by atoms with Gasteiger partial charge in [-0.3, -0.25) is 19.6 Å². The number of nitro benzene ring substituents is 1. The third-order valence-corrected chi connectivity index (χ3v) is 6.07. The number of nitrogens with one attached hydrogen (secondary N) is 2. The molecule has 12 heteroatoms. The van der Waals surface area contributed by atoms with Gasteiger partial charge in [0, 0.05) is 22.7 Å². The quantitative estimate of drug-likeness (QED) is 0.367. The van der Waals surface area contributed by atoms with Gasteiger partial charge in [0.15, 0.2) is 0 Å². The molecule has 0 aliphatic carbocycles. The molecule has 1 amide bonds. The lowest BCUT2D eigenvalue weighted by Crippen LogP contribution is -2.19. The van der Waals surface area contributed by atoms with Crippen LogP contribution in [0.3, 0.4) is 0 Å². The van der Waals surface area contributed by atoms with Gasteiger partial charge in [-0.15, -0.1) is 0 Å². The predicted octanol–water partition coefficient (Wildman–Crippen LogP) is 4.69. The van der Waals surface area contributed by atoms with Crippen LogP contribution in [0.25, 0.3) is 0 Å². The summed E-state index contributed by atoms with van der Waals surface area (Å²) < 4.78 is 54.5. The molecule has 0 spiro atoms. The van der Waals surface area contributed by atoms with Crippen molar-refractivity contribution in [3.63, 3.8) is 0 Å². The molecule has 0 atom stereocenters. The Morgan fingerprint density at radius 2 is 1.71 bits per heavy atom. The van der Waals surface area contributed by atoms with E-state index >= 15 is 0 Å².